The van der Waals surface area contributed by atoms with E-state index in [0.717, 1.165) is 31.0 Å². The summed E-state index contributed by atoms with van der Waals surface area (Å²) in [5.41, 5.74) is 1.15. The number of aromatic nitrogens is 3. The topological polar surface area (TPSA) is 83.0 Å². The highest BCUT2D eigenvalue weighted by Crippen LogP contribution is 2.33. The first-order valence-electron chi connectivity index (χ1n) is 7.69. The zero-order chi connectivity index (χ0) is 16.2. The number of aliphatic hydroxyl groups excluding tert-OH is 1. The smallest absolute Gasteiger partial charge is 0.225 e. The Balaban J connectivity index is 1.75. The second kappa shape index (κ2) is 6.87. The van der Waals surface area contributed by atoms with Gasteiger partial charge in [-0.2, -0.15) is 4.98 Å². The van der Waals surface area contributed by atoms with E-state index >= 15 is 0 Å². The first kappa shape index (κ1) is 15.6. The first-order chi connectivity index (χ1) is 11.2. The second-order valence-electron chi connectivity index (χ2n) is 5.84. The van der Waals surface area contributed by atoms with E-state index in [2.05, 4.69) is 25.6 Å². The van der Waals surface area contributed by atoms with Crippen LogP contribution < -0.4 is 10.6 Å². The molecule has 0 radical (unpaired) electrons. The number of nitrogens with zero attached hydrogens (tertiary/aromatic N) is 3. The molecule has 1 saturated carbocycles. The maximum atomic E-state index is 13.5. The van der Waals surface area contributed by atoms with Crippen molar-refractivity contribution in [2.24, 2.45) is 5.92 Å². The fraction of sp³-hybridized carbons (Fsp3) is 0.438. The molecular weight excluding hydrogens is 297 g/mol. The highest BCUT2D eigenvalue weighted by Gasteiger charge is 2.34. The number of hydrogen-bond acceptors (Lipinski definition) is 6. The standard InChI is InChI=1S/C16H20FN5O/c1-18-15-13(17)9-20-16(22-15)21-14(11-7-12(23)8-11)6-10-2-4-19-5-3-10/h2-5,9,11-12,14,23H,6-8H2,1H3,(H2,18,20,21,22)/t11?,12?,14-/m1/s1. The molecule has 0 saturated heterocycles. The van der Waals surface area contributed by atoms with Gasteiger partial charge in [-0.25, -0.2) is 9.37 Å². The molecule has 2 aromatic rings. The summed E-state index contributed by atoms with van der Waals surface area (Å²) in [5.74, 6) is 0.405. The van der Waals surface area contributed by atoms with Gasteiger partial charge >= 0.3 is 0 Å². The third-order valence-electron chi connectivity index (χ3n) is 4.22. The summed E-state index contributed by atoms with van der Waals surface area (Å²) in [6.45, 7) is 0. The van der Waals surface area contributed by atoms with Gasteiger partial charge in [0.2, 0.25) is 5.95 Å². The van der Waals surface area contributed by atoms with Crippen molar-refractivity contribution >= 4 is 11.8 Å². The second-order valence-corrected chi connectivity index (χ2v) is 5.84. The molecule has 0 aromatic carbocycles. The predicted octanol–water partition coefficient (Wildman–Crippen LogP) is 1.85. The molecule has 1 fully saturated rings. The van der Waals surface area contributed by atoms with Crippen LogP contribution in [0.25, 0.3) is 0 Å². The Morgan fingerprint density at radius 3 is 2.74 bits per heavy atom. The maximum Gasteiger partial charge on any atom is 0.225 e. The summed E-state index contributed by atoms with van der Waals surface area (Å²) in [6, 6.07) is 4.01. The van der Waals surface area contributed by atoms with Gasteiger partial charge in [0.05, 0.1) is 12.3 Å². The molecule has 0 spiro atoms. The number of rotatable bonds is 6. The van der Waals surface area contributed by atoms with Gasteiger partial charge < -0.3 is 15.7 Å². The van der Waals surface area contributed by atoms with Gasteiger partial charge in [0.25, 0.3) is 0 Å². The van der Waals surface area contributed by atoms with Crippen molar-refractivity contribution in [3.8, 4) is 0 Å². The number of aliphatic hydroxyl groups is 1. The minimum atomic E-state index is -0.484. The molecule has 1 aliphatic rings. The van der Waals surface area contributed by atoms with Gasteiger partial charge in [-0.15, -0.1) is 0 Å². The van der Waals surface area contributed by atoms with Gasteiger partial charge in [-0.05, 0) is 42.9 Å². The predicted molar refractivity (Wildman–Crippen MR) is 85.6 cm³/mol. The van der Waals surface area contributed by atoms with Crippen molar-refractivity contribution < 1.29 is 9.50 Å². The van der Waals surface area contributed by atoms with E-state index in [9.17, 15) is 9.50 Å². The Morgan fingerprint density at radius 2 is 2.09 bits per heavy atom. The molecule has 2 aromatic heterocycles. The summed E-state index contributed by atoms with van der Waals surface area (Å²) in [7, 11) is 1.62. The van der Waals surface area contributed by atoms with Crippen LogP contribution in [-0.4, -0.2) is 39.3 Å². The van der Waals surface area contributed by atoms with Gasteiger partial charge in [0.1, 0.15) is 0 Å². The lowest BCUT2D eigenvalue weighted by Crippen LogP contribution is -2.42. The van der Waals surface area contributed by atoms with Crippen LogP contribution in [0.1, 0.15) is 18.4 Å². The maximum absolute atomic E-state index is 13.5. The van der Waals surface area contributed by atoms with Crippen LogP contribution in [0.2, 0.25) is 0 Å². The Bertz CT molecular complexity index is 648. The lowest BCUT2D eigenvalue weighted by Gasteiger charge is -2.38. The average Bonchev–Trinajstić information content (AvgIpc) is 2.54. The molecule has 6 nitrogen and oxygen atoms in total. The highest BCUT2D eigenvalue weighted by atomic mass is 19.1. The zero-order valence-electron chi connectivity index (χ0n) is 12.9. The van der Waals surface area contributed by atoms with Gasteiger partial charge in [0.15, 0.2) is 11.6 Å². The van der Waals surface area contributed by atoms with E-state index in [1.54, 1.807) is 19.4 Å². The fourth-order valence-corrected chi connectivity index (χ4v) is 2.84. The van der Waals surface area contributed by atoms with Gasteiger partial charge in [0, 0.05) is 25.5 Å². The average molecular weight is 317 g/mol. The molecule has 2 heterocycles. The van der Waals surface area contributed by atoms with Crippen LogP contribution in [0.3, 0.4) is 0 Å². The molecule has 23 heavy (non-hydrogen) atoms. The van der Waals surface area contributed by atoms with Crippen LogP contribution in [0.5, 0.6) is 0 Å². The van der Waals surface area contributed by atoms with Crippen molar-refractivity contribution in [3.63, 3.8) is 0 Å². The van der Waals surface area contributed by atoms with E-state index < -0.39 is 5.82 Å². The Kier molecular flexibility index (Phi) is 4.66. The van der Waals surface area contributed by atoms with Crippen LogP contribution >= 0.6 is 0 Å². The Morgan fingerprint density at radius 1 is 1.35 bits per heavy atom. The van der Waals surface area contributed by atoms with Gasteiger partial charge in [-0.3, -0.25) is 4.98 Å². The van der Waals surface area contributed by atoms with E-state index in [0.29, 0.717) is 11.9 Å². The monoisotopic (exact) mass is 317 g/mol. The molecule has 122 valence electrons. The van der Waals surface area contributed by atoms with Crippen molar-refractivity contribution in [2.75, 3.05) is 17.7 Å². The molecule has 0 amide bonds. The molecule has 1 aliphatic carbocycles. The van der Waals surface area contributed by atoms with E-state index in [1.165, 1.54) is 0 Å². The molecule has 3 rings (SSSR count). The molecule has 0 aliphatic heterocycles. The summed E-state index contributed by atoms with van der Waals surface area (Å²) in [6.07, 6.45) is 6.72. The number of hydrogen-bond donors (Lipinski definition) is 3. The molecule has 1 atom stereocenters. The van der Waals surface area contributed by atoms with E-state index in [4.69, 9.17) is 0 Å². The fourth-order valence-electron chi connectivity index (χ4n) is 2.84. The van der Waals surface area contributed by atoms with Crippen molar-refractivity contribution in [1.82, 2.24) is 15.0 Å². The number of pyridine rings is 1. The Hall–Kier alpha value is -2.28. The summed E-state index contributed by atoms with van der Waals surface area (Å²) < 4.78 is 13.5. The third-order valence-corrected chi connectivity index (χ3v) is 4.22. The number of anilines is 2. The Labute approximate surface area is 134 Å². The molecule has 7 heteroatoms. The van der Waals surface area contributed by atoms with E-state index in [1.807, 2.05) is 12.1 Å². The van der Waals surface area contributed by atoms with E-state index in [-0.39, 0.29) is 18.0 Å². The SMILES string of the molecule is CNc1nc(N[C@H](Cc2ccncc2)C2CC(O)C2)ncc1F. The first-order valence-corrected chi connectivity index (χ1v) is 7.69. The normalized spacial score (nSPS) is 21.3. The van der Waals surface area contributed by atoms with Crippen LogP contribution in [0.4, 0.5) is 16.2 Å². The minimum Gasteiger partial charge on any atom is -0.393 e. The molecule has 0 bridgehead atoms. The largest absolute Gasteiger partial charge is 0.393 e. The molecule has 0 unspecified atom stereocenters. The summed E-state index contributed by atoms with van der Waals surface area (Å²) >= 11 is 0. The number of nitrogens with one attached hydrogen (secondary N) is 2. The van der Waals surface area contributed by atoms with Crippen LogP contribution in [-0.2, 0) is 6.42 Å². The quantitative estimate of drug-likeness (QED) is 0.754. The number of halogens is 1. The molecule has 3 N–H and O–H groups in total. The van der Waals surface area contributed by atoms with Crippen molar-refractivity contribution in [2.45, 2.75) is 31.4 Å². The van der Waals surface area contributed by atoms with Gasteiger partial charge in [-0.1, -0.05) is 0 Å². The molecular formula is C16H20FN5O. The van der Waals surface area contributed by atoms with Crippen molar-refractivity contribution in [1.29, 1.82) is 0 Å². The summed E-state index contributed by atoms with van der Waals surface area (Å²) in [5, 5.41) is 15.6. The van der Waals surface area contributed by atoms with Crippen molar-refractivity contribution in [3.05, 3.63) is 42.1 Å². The van der Waals surface area contributed by atoms with Crippen LogP contribution in [0, 0.1) is 11.7 Å². The van der Waals surface area contributed by atoms with Crippen LogP contribution in [0.15, 0.2) is 30.7 Å². The minimum absolute atomic E-state index is 0.0796. The lowest BCUT2D eigenvalue weighted by molar-refractivity contribution is 0.0341. The highest BCUT2D eigenvalue weighted by molar-refractivity contribution is 5.41. The third kappa shape index (κ3) is 3.73. The zero-order valence-corrected chi connectivity index (χ0v) is 12.9. The summed E-state index contributed by atoms with van der Waals surface area (Å²) in [4.78, 5) is 12.2. The lowest BCUT2D eigenvalue weighted by atomic mass is 9.75.